The van der Waals surface area contributed by atoms with Crippen molar-refractivity contribution in [2.75, 3.05) is 6.54 Å². The van der Waals surface area contributed by atoms with Crippen molar-refractivity contribution >= 4 is 27.3 Å². The largest absolute Gasteiger partial charge is 0.314 e. The average Bonchev–Trinajstić information content (AvgIpc) is 3.02. The Balaban J connectivity index is 1.74. The van der Waals surface area contributed by atoms with Gasteiger partial charge in [0.05, 0.1) is 0 Å². The number of hydrogen-bond acceptors (Lipinski definition) is 2. The lowest BCUT2D eigenvalue weighted by Crippen LogP contribution is -2.24. The zero-order chi connectivity index (χ0) is 13.2. The van der Waals surface area contributed by atoms with Gasteiger partial charge in [0.15, 0.2) is 0 Å². The summed E-state index contributed by atoms with van der Waals surface area (Å²) in [5, 5.41) is 3.62. The van der Waals surface area contributed by atoms with E-state index in [0.717, 1.165) is 6.04 Å². The van der Waals surface area contributed by atoms with Gasteiger partial charge < -0.3 is 5.32 Å². The maximum absolute atomic E-state index is 3.66. The van der Waals surface area contributed by atoms with Crippen molar-refractivity contribution in [1.29, 1.82) is 0 Å². The third-order valence-electron chi connectivity index (χ3n) is 3.72. The van der Waals surface area contributed by atoms with E-state index in [1.807, 2.05) is 11.3 Å². The van der Waals surface area contributed by atoms with Gasteiger partial charge in [0, 0.05) is 20.3 Å². The molecule has 0 spiro atoms. The standard InChI is InChI=1S/C15H24BrNS/c1-11-10-13(16)14(18-11)6-7-15(2,3)8-9-17-12-4-5-12/h10,12,17H,4-9H2,1-3H3. The maximum atomic E-state index is 3.66. The van der Waals surface area contributed by atoms with Crippen molar-refractivity contribution in [3.8, 4) is 0 Å². The highest BCUT2D eigenvalue weighted by Crippen LogP contribution is 2.33. The molecule has 0 saturated heterocycles. The van der Waals surface area contributed by atoms with E-state index < -0.39 is 0 Å². The van der Waals surface area contributed by atoms with Gasteiger partial charge in [-0.15, -0.1) is 11.3 Å². The highest BCUT2D eigenvalue weighted by Gasteiger charge is 2.23. The van der Waals surface area contributed by atoms with Crippen LogP contribution >= 0.6 is 27.3 Å². The number of nitrogens with one attached hydrogen (secondary N) is 1. The molecule has 0 bridgehead atoms. The van der Waals surface area contributed by atoms with Crippen LogP contribution in [0.4, 0.5) is 0 Å². The molecule has 0 aromatic carbocycles. The number of rotatable bonds is 7. The first-order chi connectivity index (χ1) is 8.46. The number of aryl methyl sites for hydroxylation is 2. The summed E-state index contributed by atoms with van der Waals surface area (Å²) in [6.07, 6.45) is 6.54. The maximum Gasteiger partial charge on any atom is 0.0317 e. The summed E-state index contributed by atoms with van der Waals surface area (Å²) in [5.74, 6) is 0. The molecule has 18 heavy (non-hydrogen) atoms. The molecule has 0 amide bonds. The van der Waals surface area contributed by atoms with E-state index in [0.29, 0.717) is 5.41 Å². The minimum atomic E-state index is 0.444. The Kier molecular flexibility index (Phi) is 4.90. The van der Waals surface area contributed by atoms with Crippen LogP contribution in [0.25, 0.3) is 0 Å². The predicted octanol–water partition coefficient (Wildman–Crippen LogP) is 4.92. The lowest BCUT2D eigenvalue weighted by molar-refractivity contribution is 0.302. The highest BCUT2D eigenvalue weighted by atomic mass is 79.9. The van der Waals surface area contributed by atoms with E-state index in [2.05, 4.69) is 48.1 Å². The predicted molar refractivity (Wildman–Crippen MR) is 84.5 cm³/mol. The smallest absolute Gasteiger partial charge is 0.0317 e. The van der Waals surface area contributed by atoms with Gasteiger partial charge in [-0.3, -0.25) is 0 Å². The van der Waals surface area contributed by atoms with Crippen LogP contribution in [0.2, 0.25) is 0 Å². The van der Waals surface area contributed by atoms with Crippen molar-refractivity contribution in [1.82, 2.24) is 5.32 Å². The first-order valence-electron chi connectivity index (χ1n) is 6.94. The van der Waals surface area contributed by atoms with E-state index in [4.69, 9.17) is 0 Å². The Morgan fingerprint density at radius 2 is 2.11 bits per heavy atom. The van der Waals surface area contributed by atoms with Gasteiger partial charge in [0.25, 0.3) is 0 Å². The summed E-state index contributed by atoms with van der Waals surface area (Å²) in [6.45, 7) is 8.16. The second-order valence-electron chi connectivity index (χ2n) is 6.27. The van der Waals surface area contributed by atoms with Gasteiger partial charge in [0.1, 0.15) is 0 Å². The van der Waals surface area contributed by atoms with Crippen molar-refractivity contribution < 1.29 is 0 Å². The molecule has 1 aromatic heterocycles. The number of hydrogen-bond donors (Lipinski definition) is 1. The van der Waals surface area contributed by atoms with Crippen LogP contribution in [0.3, 0.4) is 0 Å². The van der Waals surface area contributed by atoms with Crippen molar-refractivity contribution in [3.05, 3.63) is 20.3 Å². The van der Waals surface area contributed by atoms with Gasteiger partial charge in [-0.2, -0.15) is 0 Å². The minimum Gasteiger partial charge on any atom is -0.314 e. The Hall–Kier alpha value is 0.140. The Morgan fingerprint density at radius 1 is 1.39 bits per heavy atom. The zero-order valence-electron chi connectivity index (χ0n) is 11.7. The first kappa shape index (κ1) is 14.5. The highest BCUT2D eigenvalue weighted by molar-refractivity contribution is 9.10. The molecule has 0 aliphatic heterocycles. The molecule has 1 N–H and O–H groups in total. The quantitative estimate of drug-likeness (QED) is 0.748. The average molecular weight is 330 g/mol. The second-order valence-corrected chi connectivity index (χ2v) is 8.47. The van der Waals surface area contributed by atoms with E-state index in [9.17, 15) is 0 Å². The third-order valence-corrected chi connectivity index (χ3v) is 5.80. The normalized spacial score (nSPS) is 16.2. The molecule has 1 aliphatic rings. The van der Waals surface area contributed by atoms with Gasteiger partial charge in [-0.1, -0.05) is 13.8 Å². The van der Waals surface area contributed by atoms with Crippen LogP contribution in [0.15, 0.2) is 10.5 Å². The molecular formula is C15H24BrNS. The molecule has 3 heteroatoms. The fourth-order valence-corrected chi connectivity index (χ4v) is 4.04. The summed E-state index contributed by atoms with van der Waals surface area (Å²) in [5.41, 5.74) is 0.444. The van der Waals surface area contributed by atoms with Crippen molar-refractivity contribution in [2.45, 2.75) is 58.9 Å². The Bertz CT molecular complexity index is 393. The van der Waals surface area contributed by atoms with Crippen LogP contribution in [0.1, 0.15) is 49.3 Å². The Morgan fingerprint density at radius 3 is 2.67 bits per heavy atom. The van der Waals surface area contributed by atoms with E-state index in [1.54, 1.807) is 0 Å². The summed E-state index contributed by atoms with van der Waals surface area (Å²) in [4.78, 5) is 2.92. The fraction of sp³-hybridized carbons (Fsp3) is 0.733. The van der Waals surface area contributed by atoms with Gasteiger partial charge in [-0.25, -0.2) is 0 Å². The summed E-state index contributed by atoms with van der Waals surface area (Å²) >= 11 is 5.59. The van der Waals surface area contributed by atoms with Gasteiger partial charge >= 0.3 is 0 Å². The van der Waals surface area contributed by atoms with E-state index >= 15 is 0 Å². The SMILES string of the molecule is Cc1cc(Br)c(CCC(C)(C)CCNC2CC2)s1. The van der Waals surface area contributed by atoms with Gasteiger partial charge in [0.2, 0.25) is 0 Å². The zero-order valence-corrected chi connectivity index (χ0v) is 14.1. The molecule has 1 nitrogen and oxygen atoms in total. The number of thiophene rings is 1. The van der Waals surface area contributed by atoms with Crippen molar-refractivity contribution in [3.63, 3.8) is 0 Å². The molecule has 1 heterocycles. The van der Waals surface area contributed by atoms with Crippen molar-refractivity contribution in [2.24, 2.45) is 5.41 Å². The molecule has 2 rings (SSSR count). The molecule has 0 atom stereocenters. The van der Waals surface area contributed by atoms with Crippen LogP contribution in [0.5, 0.6) is 0 Å². The summed E-state index contributed by atoms with van der Waals surface area (Å²) in [6, 6.07) is 3.08. The number of halogens is 1. The lowest BCUT2D eigenvalue weighted by Gasteiger charge is -2.24. The lowest BCUT2D eigenvalue weighted by atomic mass is 9.84. The molecule has 102 valence electrons. The Labute approximate surface area is 123 Å². The third kappa shape index (κ3) is 4.67. The summed E-state index contributed by atoms with van der Waals surface area (Å²) in [7, 11) is 0. The monoisotopic (exact) mass is 329 g/mol. The second kappa shape index (κ2) is 6.06. The van der Waals surface area contributed by atoms with Crippen LogP contribution in [0, 0.1) is 12.3 Å². The molecule has 0 radical (unpaired) electrons. The molecule has 1 saturated carbocycles. The molecule has 0 unspecified atom stereocenters. The van der Waals surface area contributed by atoms with Gasteiger partial charge in [-0.05, 0) is 73.0 Å². The topological polar surface area (TPSA) is 12.0 Å². The summed E-state index contributed by atoms with van der Waals surface area (Å²) < 4.78 is 1.30. The van der Waals surface area contributed by atoms with Crippen LogP contribution in [-0.2, 0) is 6.42 Å². The molecular weight excluding hydrogens is 306 g/mol. The minimum absolute atomic E-state index is 0.444. The molecule has 1 aromatic rings. The van der Waals surface area contributed by atoms with E-state index in [-0.39, 0.29) is 0 Å². The molecule has 1 fully saturated rings. The fourth-order valence-electron chi connectivity index (χ4n) is 2.18. The first-order valence-corrected chi connectivity index (χ1v) is 8.55. The van der Waals surface area contributed by atoms with Crippen LogP contribution < -0.4 is 5.32 Å². The van der Waals surface area contributed by atoms with E-state index in [1.165, 1.54) is 52.9 Å². The molecule has 1 aliphatic carbocycles. The van der Waals surface area contributed by atoms with Crippen LogP contribution in [-0.4, -0.2) is 12.6 Å².